The summed E-state index contributed by atoms with van der Waals surface area (Å²) in [5.41, 5.74) is 2.95. The summed E-state index contributed by atoms with van der Waals surface area (Å²) in [4.78, 5) is 44.8. The van der Waals surface area contributed by atoms with E-state index in [1.54, 1.807) is 44.4 Å². The Morgan fingerprint density at radius 3 is 2.38 bits per heavy atom. The molecule has 1 aromatic heterocycles. The highest BCUT2D eigenvalue weighted by molar-refractivity contribution is 6.24. The number of hydrogen-bond acceptors (Lipinski definition) is 9. The molecular formula is C26H26ClN3O7. The van der Waals surface area contributed by atoms with Gasteiger partial charge in [-0.25, -0.2) is 0 Å². The van der Waals surface area contributed by atoms with Gasteiger partial charge in [-0.15, -0.1) is 12.4 Å². The number of aliphatic hydroxyl groups excluding tert-OH is 2. The molecule has 11 heteroatoms. The average molecular weight is 528 g/mol. The molecule has 10 nitrogen and oxygen atoms in total. The molecule has 0 spiro atoms. The number of ketones is 2. The first kappa shape index (κ1) is 26.3. The SMILES string of the molecule is CN(C)[C@@H]1C(=O)C(C(N)=O)=C(O)[C@@]2(O)C(=O)C3=C(O)c4c(cnc(-c5ccccc5)c4O)C[C@H]3C[C@@H]12.Cl. The van der Waals surface area contributed by atoms with Gasteiger partial charge < -0.3 is 26.2 Å². The third-order valence-corrected chi connectivity index (χ3v) is 7.51. The molecule has 0 aliphatic heterocycles. The molecule has 0 bridgehead atoms. The van der Waals surface area contributed by atoms with Crippen molar-refractivity contribution in [1.29, 1.82) is 0 Å². The monoisotopic (exact) mass is 527 g/mol. The summed E-state index contributed by atoms with van der Waals surface area (Å²) in [5, 5.41) is 44.8. The number of carbonyl (C=O) groups is 3. The summed E-state index contributed by atoms with van der Waals surface area (Å²) in [7, 11) is 3.11. The summed E-state index contributed by atoms with van der Waals surface area (Å²) in [6.07, 6.45) is 1.75. The summed E-state index contributed by atoms with van der Waals surface area (Å²) >= 11 is 0. The van der Waals surface area contributed by atoms with Crippen molar-refractivity contribution in [2.45, 2.75) is 24.5 Å². The summed E-state index contributed by atoms with van der Waals surface area (Å²) in [6, 6.07) is 7.69. The van der Waals surface area contributed by atoms with Crippen LogP contribution < -0.4 is 5.73 Å². The molecule has 3 aliphatic carbocycles. The minimum atomic E-state index is -2.66. The van der Waals surface area contributed by atoms with Gasteiger partial charge in [0.1, 0.15) is 22.8 Å². The van der Waals surface area contributed by atoms with Crippen LogP contribution in [0.3, 0.4) is 0 Å². The highest BCUT2D eigenvalue weighted by atomic mass is 35.5. The molecule has 6 N–H and O–H groups in total. The summed E-state index contributed by atoms with van der Waals surface area (Å²) < 4.78 is 0. The van der Waals surface area contributed by atoms with E-state index >= 15 is 0 Å². The Morgan fingerprint density at radius 2 is 1.78 bits per heavy atom. The minimum absolute atomic E-state index is 0. The van der Waals surface area contributed by atoms with E-state index in [0.717, 1.165) is 0 Å². The van der Waals surface area contributed by atoms with Crippen LogP contribution in [-0.4, -0.2) is 73.5 Å². The molecular weight excluding hydrogens is 502 g/mol. The first-order chi connectivity index (χ1) is 17.0. The molecule has 1 aromatic carbocycles. The number of pyridine rings is 1. The molecule has 37 heavy (non-hydrogen) atoms. The van der Waals surface area contributed by atoms with Crippen LogP contribution in [0.25, 0.3) is 17.0 Å². The maximum atomic E-state index is 13.8. The number of Topliss-reactive ketones (excluding diaryl/α,β-unsaturated/α-hetero) is 2. The summed E-state index contributed by atoms with van der Waals surface area (Å²) in [6.45, 7) is 0. The summed E-state index contributed by atoms with van der Waals surface area (Å²) in [5.74, 6) is -6.81. The van der Waals surface area contributed by atoms with Gasteiger partial charge in [0.15, 0.2) is 17.1 Å². The van der Waals surface area contributed by atoms with Crippen molar-refractivity contribution < 1.29 is 34.8 Å². The molecule has 194 valence electrons. The van der Waals surface area contributed by atoms with Crippen LogP contribution >= 0.6 is 12.4 Å². The number of fused-ring (bicyclic) bond motifs is 3. The van der Waals surface area contributed by atoms with E-state index in [4.69, 9.17) is 5.73 Å². The normalized spacial score (nSPS) is 26.9. The Kier molecular flexibility index (Phi) is 6.39. The number of aromatic hydroxyl groups is 1. The van der Waals surface area contributed by atoms with Gasteiger partial charge in [-0.05, 0) is 38.4 Å². The lowest BCUT2D eigenvalue weighted by molar-refractivity contribution is -0.153. The lowest BCUT2D eigenvalue weighted by Crippen LogP contribution is -2.65. The van der Waals surface area contributed by atoms with Gasteiger partial charge in [-0.1, -0.05) is 30.3 Å². The number of amides is 1. The number of likely N-dealkylation sites (N-methyl/N-ethyl adjacent to an activating group) is 1. The van der Waals surface area contributed by atoms with Crippen molar-refractivity contribution in [2.24, 2.45) is 17.6 Å². The second-order valence-electron chi connectivity index (χ2n) is 9.68. The second-order valence-corrected chi connectivity index (χ2v) is 9.68. The second kappa shape index (κ2) is 8.98. The number of nitrogens with zero attached hydrogens (tertiary/aromatic N) is 2. The number of primary amides is 1. The predicted octanol–water partition coefficient (Wildman–Crippen LogP) is 1.45. The molecule has 3 aliphatic rings. The largest absolute Gasteiger partial charge is 0.508 e. The molecule has 2 aromatic rings. The van der Waals surface area contributed by atoms with E-state index in [-0.39, 0.29) is 47.8 Å². The Labute approximate surface area is 218 Å². The van der Waals surface area contributed by atoms with Crippen molar-refractivity contribution in [2.75, 3.05) is 14.1 Å². The zero-order valence-corrected chi connectivity index (χ0v) is 20.8. The number of rotatable bonds is 3. The Bertz CT molecular complexity index is 1400. The highest BCUT2D eigenvalue weighted by Crippen LogP contribution is 2.53. The molecule has 1 saturated carbocycles. The number of halogens is 1. The van der Waals surface area contributed by atoms with E-state index in [9.17, 15) is 34.8 Å². The van der Waals surface area contributed by atoms with Gasteiger partial charge in [0.25, 0.3) is 5.91 Å². The molecule has 0 unspecified atom stereocenters. The fraction of sp³-hybridized carbons (Fsp3) is 0.308. The van der Waals surface area contributed by atoms with Crippen molar-refractivity contribution in [1.82, 2.24) is 9.88 Å². The number of aliphatic hydroxyl groups is 3. The van der Waals surface area contributed by atoms with E-state index < -0.39 is 58.0 Å². The van der Waals surface area contributed by atoms with Gasteiger partial charge in [0.2, 0.25) is 5.78 Å². The third kappa shape index (κ3) is 3.55. The first-order valence-electron chi connectivity index (χ1n) is 11.4. The van der Waals surface area contributed by atoms with Crippen LogP contribution in [0.15, 0.2) is 53.4 Å². The Morgan fingerprint density at radius 1 is 1.14 bits per heavy atom. The molecule has 1 fully saturated rings. The average Bonchev–Trinajstić information content (AvgIpc) is 2.81. The smallest absolute Gasteiger partial charge is 0.255 e. The van der Waals surface area contributed by atoms with E-state index in [2.05, 4.69) is 4.98 Å². The molecule has 1 heterocycles. The number of hydrogen-bond donors (Lipinski definition) is 5. The molecule has 0 saturated heterocycles. The maximum absolute atomic E-state index is 13.8. The number of carbonyl (C=O) groups excluding carboxylic acids is 3. The zero-order valence-electron chi connectivity index (χ0n) is 20.0. The molecule has 0 radical (unpaired) electrons. The number of aromatic nitrogens is 1. The van der Waals surface area contributed by atoms with Crippen LogP contribution in [-0.2, 0) is 20.8 Å². The van der Waals surface area contributed by atoms with Gasteiger partial charge in [0.05, 0.1) is 11.6 Å². The number of nitrogens with two attached hydrogens (primary N) is 1. The maximum Gasteiger partial charge on any atom is 0.255 e. The first-order valence-corrected chi connectivity index (χ1v) is 11.4. The Balaban J connectivity index is 0.00000320. The topological polar surface area (TPSA) is 174 Å². The number of benzene rings is 1. The van der Waals surface area contributed by atoms with Gasteiger partial charge >= 0.3 is 0 Å². The lowest BCUT2D eigenvalue weighted by atomic mass is 9.57. The van der Waals surface area contributed by atoms with Gasteiger partial charge in [-0.3, -0.25) is 24.3 Å². The minimum Gasteiger partial charge on any atom is -0.508 e. The molecule has 1 amide bonds. The predicted molar refractivity (Wildman–Crippen MR) is 135 cm³/mol. The quantitative estimate of drug-likeness (QED) is 0.370. The van der Waals surface area contributed by atoms with Gasteiger partial charge in [0, 0.05) is 23.3 Å². The van der Waals surface area contributed by atoms with Crippen LogP contribution in [0, 0.1) is 11.8 Å². The Hall–Kier alpha value is -3.73. The fourth-order valence-corrected chi connectivity index (χ4v) is 5.92. The van der Waals surface area contributed by atoms with Crippen LogP contribution in [0.2, 0.25) is 0 Å². The van der Waals surface area contributed by atoms with Crippen LogP contribution in [0.5, 0.6) is 5.75 Å². The van der Waals surface area contributed by atoms with Crippen molar-refractivity contribution in [3.63, 3.8) is 0 Å². The lowest BCUT2D eigenvalue weighted by Gasteiger charge is -2.50. The fourth-order valence-electron chi connectivity index (χ4n) is 5.92. The third-order valence-electron chi connectivity index (χ3n) is 7.51. The van der Waals surface area contributed by atoms with Crippen LogP contribution in [0.1, 0.15) is 17.5 Å². The van der Waals surface area contributed by atoms with Gasteiger partial charge in [-0.2, -0.15) is 0 Å². The zero-order chi connectivity index (χ0) is 26.1. The highest BCUT2D eigenvalue weighted by Gasteiger charge is 2.64. The standard InChI is InChI=1S/C26H25N3O7.ClH/c1-29(2)19-14-9-12-8-13-10-28-18(11-6-4-3-5-7-11)21(31)15(13)20(30)16(12)23(33)26(14,36)24(34)17(22(19)32)25(27)35;/h3-7,10,12,14,19,30-31,34,36H,8-9H2,1-2H3,(H2,27,35);1H/t12-,14-,19-,26-;/m0./s1. The molecule has 5 rings (SSSR count). The van der Waals surface area contributed by atoms with Crippen molar-refractivity contribution in [3.8, 4) is 17.0 Å². The van der Waals surface area contributed by atoms with Crippen molar-refractivity contribution in [3.05, 3.63) is 64.6 Å². The van der Waals surface area contributed by atoms with Crippen LogP contribution in [0.4, 0.5) is 0 Å². The van der Waals surface area contributed by atoms with E-state index in [1.165, 1.54) is 11.1 Å². The van der Waals surface area contributed by atoms with E-state index in [1.807, 2.05) is 0 Å². The van der Waals surface area contributed by atoms with E-state index in [0.29, 0.717) is 11.1 Å². The molecule has 4 atom stereocenters. The van der Waals surface area contributed by atoms with Crippen molar-refractivity contribution >= 4 is 35.6 Å².